The molecule has 2 aliphatic heterocycles. The van der Waals surface area contributed by atoms with Crippen molar-refractivity contribution in [1.82, 2.24) is 10.1 Å². The third-order valence-corrected chi connectivity index (χ3v) is 5.81. The summed E-state index contributed by atoms with van der Waals surface area (Å²) in [6, 6.07) is 14.5. The molecule has 5 rings (SSSR count). The molecule has 0 saturated carbocycles. The van der Waals surface area contributed by atoms with Crippen LogP contribution in [0, 0.1) is 5.82 Å². The van der Waals surface area contributed by atoms with Crippen molar-refractivity contribution >= 4 is 11.5 Å². The molecule has 1 atom stereocenters. The molecule has 1 aromatic heterocycles. The summed E-state index contributed by atoms with van der Waals surface area (Å²) >= 11 is 0. The molecule has 6 nitrogen and oxygen atoms in total. The van der Waals surface area contributed by atoms with E-state index in [1.165, 1.54) is 12.1 Å². The SMILES string of the molecule is Fc1cccc(Nc2noc3c2CN(Cc2ccccc2OCC2CCCO2)CC3)c1. The average molecular weight is 423 g/mol. The Morgan fingerprint density at radius 2 is 2.13 bits per heavy atom. The van der Waals surface area contributed by atoms with E-state index in [-0.39, 0.29) is 11.9 Å². The topological polar surface area (TPSA) is 59.8 Å². The number of hydrogen-bond donors (Lipinski definition) is 1. The summed E-state index contributed by atoms with van der Waals surface area (Å²) in [6.07, 6.45) is 3.15. The Kier molecular flexibility index (Phi) is 5.86. The molecule has 2 aliphatic rings. The van der Waals surface area contributed by atoms with Crippen LogP contribution in [0.15, 0.2) is 53.1 Å². The molecule has 0 radical (unpaired) electrons. The number of nitrogens with zero attached hydrogens (tertiary/aromatic N) is 2. The number of para-hydroxylation sites is 1. The van der Waals surface area contributed by atoms with Crippen molar-refractivity contribution in [2.45, 2.75) is 38.5 Å². The van der Waals surface area contributed by atoms with Crippen LogP contribution in [0.5, 0.6) is 5.75 Å². The highest BCUT2D eigenvalue weighted by Crippen LogP contribution is 2.30. The Morgan fingerprint density at radius 3 is 3.00 bits per heavy atom. The summed E-state index contributed by atoms with van der Waals surface area (Å²) in [5, 5.41) is 7.37. The number of anilines is 2. The van der Waals surface area contributed by atoms with Gasteiger partial charge in [0.15, 0.2) is 5.82 Å². The number of rotatable bonds is 7. The van der Waals surface area contributed by atoms with Crippen LogP contribution in [0.4, 0.5) is 15.9 Å². The Balaban J connectivity index is 1.26. The lowest BCUT2D eigenvalue weighted by Gasteiger charge is -2.27. The summed E-state index contributed by atoms with van der Waals surface area (Å²) in [4.78, 5) is 2.35. The predicted molar refractivity (Wildman–Crippen MR) is 115 cm³/mol. The fourth-order valence-electron chi connectivity index (χ4n) is 4.18. The minimum atomic E-state index is -0.288. The minimum absolute atomic E-state index is 0.194. The molecule has 0 bridgehead atoms. The molecular formula is C24H26FN3O3. The highest BCUT2D eigenvalue weighted by molar-refractivity contribution is 5.60. The number of fused-ring (bicyclic) bond motifs is 1. The lowest BCUT2D eigenvalue weighted by molar-refractivity contribution is 0.0672. The Labute approximate surface area is 180 Å². The predicted octanol–water partition coefficient (Wildman–Crippen LogP) is 4.67. The highest BCUT2D eigenvalue weighted by atomic mass is 19.1. The fraction of sp³-hybridized carbons (Fsp3) is 0.375. The molecule has 31 heavy (non-hydrogen) atoms. The third-order valence-electron chi connectivity index (χ3n) is 5.81. The number of benzene rings is 2. The average Bonchev–Trinajstić information content (AvgIpc) is 3.44. The van der Waals surface area contributed by atoms with E-state index in [0.717, 1.165) is 61.6 Å². The fourth-order valence-corrected chi connectivity index (χ4v) is 4.18. The molecule has 1 N–H and O–H groups in total. The van der Waals surface area contributed by atoms with Crippen LogP contribution in [0.2, 0.25) is 0 Å². The van der Waals surface area contributed by atoms with E-state index in [1.54, 1.807) is 6.07 Å². The maximum atomic E-state index is 13.5. The van der Waals surface area contributed by atoms with Crippen molar-refractivity contribution in [3.63, 3.8) is 0 Å². The van der Waals surface area contributed by atoms with Crippen LogP contribution >= 0.6 is 0 Å². The Hall–Kier alpha value is -2.90. The molecule has 0 aliphatic carbocycles. The van der Waals surface area contributed by atoms with Gasteiger partial charge in [-0.1, -0.05) is 29.4 Å². The largest absolute Gasteiger partial charge is 0.491 e. The Bertz CT molecular complexity index is 1030. The summed E-state index contributed by atoms with van der Waals surface area (Å²) in [5.41, 5.74) is 2.83. The van der Waals surface area contributed by atoms with Crippen LogP contribution in [0.25, 0.3) is 0 Å². The molecule has 7 heteroatoms. The van der Waals surface area contributed by atoms with Gasteiger partial charge in [0.05, 0.1) is 11.7 Å². The van der Waals surface area contributed by atoms with Gasteiger partial charge in [-0.3, -0.25) is 4.90 Å². The van der Waals surface area contributed by atoms with E-state index >= 15 is 0 Å². The van der Waals surface area contributed by atoms with E-state index in [2.05, 4.69) is 21.4 Å². The maximum absolute atomic E-state index is 13.5. The van der Waals surface area contributed by atoms with Gasteiger partial charge in [0.25, 0.3) is 0 Å². The molecule has 1 saturated heterocycles. The van der Waals surface area contributed by atoms with Gasteiger partial charge in [-0.15, -0.1) is 0 Å². The molecule has 1 fully saturated rings. The molecule has 1 unspecified atom stereocenters. The molecule has 3 heterocycles. The first-order valence-electron chi connectivity index (χ1n) is 10.8. The molecule has 0 spiro atoms. The van der Waals surface area contributed by atoms with Crippen molar-refractivity contribution in [2.24, 2.45) is 0 Å². The lowest BCUT2D eigenvalue weighted by Crippen LogP contribution is -2.30. The number of hydrogen-bond acceptors (Lipinski definition) is 6. The van der Waals surface area contributed by atoms with Crippen molar-refractivity contribution in [2.75, 3.05) is 25.1 Å². The lowest BCUT2D eigenvalue weighted by atomic mass is 10.1. The van der Waals surface area contributed by atoms with E-state index in [9.17, 15) is 4.39 Å². The van der Waals surface area contributed by atoms with E-state index in [4.69, 9.17) is 14.0 Å². The molecule has 3 aromatic rings. The van der Waals surface area contributed by atoms with E-state index in [0.29, 0.717) is 24.7 Å². The normalized spacial score (nSPS) is 18.7. The number of halogens is 1. The van der Waals surface area contributed by atoms with Crippen molar-refractivity contribution in [3.05, 3.63) is 71.2 Å². The van der Waals surface area contributed by atoms with Crippen molar-refractivity contribution in [1.29, 1.82) is 0 Å². The number of ether oxygens (including phenoxy) is 2. The first kappa shape index (κ1) is 20.0. The van der Waals surface area contributed by atoms with Gasteiger partial charge >= 0.3 is 0 Å². The van der Waals surface area contributed by atoms with E-state index < -0.39 is 0 Å². The van der Waals surface area contributed by atoms with Crippen LogP contribution in [-0.4, -0.2) is 35.9 Å². The summed E-state index contributed by atoms with van der Waals surface area (Å²) in [5.74, 6) is 2.15. The summed E-state index contributed by atoms with van der Waals surface area (Å²) in [7, 11) is 0. The smallest absolute Gasteiger partial charge is 0.178 e. The zero-order chi connectivity index (χ0) is 21.0. The maximum Gasteiger partial charge on any atom is 0.178 e. The number of aromatic nitrogens is 1. The van der Waals surface area contributed by atoms with Crippen LogP contribution < -0.4 is 10.1 Å². The van der Waals surface area contributed by atoms with Crippen molar-refractivity contribution in [3.8, 4) is 5.75 Å². The quantitative estimate of drug-likeness (QED) is 0.596. The van der Waals surface area contributed by atoms with Gasteiger partial charge in [-0.2, -0.15) is 0 Å². The van der Waals surface area contributed by atoms with Gasteiger partial charge in [0.2, 0.25) is 0 Å². The third kappa shape index (κ3) is 4.73. The molecule has 162 valence electrons. The van der Waals surface area contributed by atoms with Gasteiger partial charge in [0, 0.05) is 43.9 Å². The van der Waals surface area contributed by atoms with Gasteiger partial charge in [-0.25, -0.2) is 4.39 Å². The molecular weight excluding hydrogens is 397 g/mol. The first-order valence-corrected chi connectivity index (χ1v) is 10.8. The van der Waals surface area contributed by atoms with E-state index in [1.807, 2.05) is 24.3 Å². The second kappa shape index (κ2) is 9.08. The second-order valence-electron chi connectivity index (χ2n) is 8.08. The van der Waals surface area contributed by atoms with Crippen LogP contribution in [0.1, 0.15) is 29.7 Å². The standard InChI is InChI=1S/C24H26FN3O3/c25-18-6-3-7-19(13-18)26-24-21-15-28(11-10-23(21)31-27-24)14-17-5-1-2-9-22(17)30-16-20-8-4-12-29-20/h1-3,5-7,9,13,20H,4,8,10-12,14-16H2,(H,26,27). The number of nitrogens with one attached hydrogen (secondary N) is 1. The zero-order valence-corrected chi connectivity index (χ0v) is 17.4. The van der Waals surface area contributed by atoms with Crippen LogP contribution in [0.3, 0.4) is 0 Å². The Morgan fingerprint density at radius 1 is 1.19 bits per heavy atom. The van der Waals surface area contributed by atoms with Crippen LogP contribution in [-0.2, 0) is 24.2 Å². The first-order chi connectivity index (χ1) is 15.2. The van der Waals surface area contributed by atoms with Gasteiger partial charge in [-0.05, 0) is 37.1 Å². The summed E-state index contributed by atoms with van der Waals surface area (Å²) < 4.78 is 30.8. The molecule has 0 amide bonds. The van der Waals surface area contributed by atoms with Crippen molar-refractivity contribution < 1.29 is 18.4 Å². The second-order valence-corrected chi connectivity index (χ2v) is 8.08. The monoisotopic (exact) mass is 423 g/mol. The van der Waals surface area contributed by atoms with Gasteiger partial charge < -0.3 is 19.3 Å². The summed E-state index contributed by atoms with van der Waals surface area (Å²) in [6.45, 7) is 3.77. The molecule has 2 aromatic carbocycles. The van der Waals surface area contributed by atoms with Gasteiger partial charge in [0.1, 0.15) is 23.9 Å². The zero-order valence-electron chi connectivity index (χ0n) is 17.4. The minimum Gasteiger partial charge on any atom is -0.491 e. The highest BCUT2D eigenvalue weighted by Gasteiger charge is 2.25.